The van der Waals surface area contributed by atoms with Crippen LogP contribution in [0.25, 0.3) is 5.57 Å². The fourth-order valence-corrected chi connectivity index (χ4v) is 3.97. The van der Waals surface area contributed by atoms with Crippen molar-refractivity contribution < 1.29 is 13.9 Å². The van der Waals surface area contributed by atoms with Crippen LogP contribution in [-0.4, -0.2) is 31.2 Å². The number of amides is 1. The molecule has 2 atom stereocenters. The van der Waals surface area contributed by atoms with Crippen LogP contribution >= 0.6 is 0 Å². The fourth-order valence-electron chi connectivity index (χ4n) is 3.97. The molecule has 0 aliphatic carbocycles. The maximum Gasteiger partial charge on any atom is 0.257 e. The molecule has 1 amide bonds. The SMILES string of the molecule is Cc1cc(NC=C2C(=O)Nc3cccc(F)c32)ccc1N1CC(C)OC(C)C1. The van der Waals surface area contributed by atoms with Gasteiger partial charge >= 0.3 is 0 Å². The average Bonchev–Trinajstić information content (AvgIpc) is 2.95. The molecule has 28 heavy (non-hydrogen) atoms. The summed E-state index contributed by atoms with van der Waals surface area (Å²) < 4.78 is 20.0. The second-order valence-corrected chi connectivity index (χ2v) is 7.48. The smallest absolute Gasteiger partial charge is 0.257 e. The highest BCUT2D eigenvalue weighted by molar-refractivity contribution is 6.31. The zero-order valence-corrected chi connectivity index (χ0v) is 16.3. The molecule has 1 fully saturated rings. The Morgan fingerprint density at radius 3 is 2.68 bits per heavy atom. The minimum atomic E-state index is -0.411. The van der Waals surface area contributed by atoms with Gasteiger partial charge in [-0.25, -0.2) is 4.39 Å². The number of anilines is 3. The van der Waals surface area contributed by atoms with Crippen LogP contribution < -0.4 is 15.5 Å². The third-order valence-corrected chi connectivity index (χ3v) is 5.12. The zero-order valence-electron chi connectivity index (χ0n) is 16.3. The number of benzene rings is 2. The van der Waals surface area contributed by atoms with E-state index >= 15 is 0 Å². The molecule has 4 rings (SSSR count). The lowest BCUT2D eigenvalue weighted by Crippen LogP contribution is -2.45. The van der Waals surface area contributed by atoms with Crippen LogP contribution in [0.2, 0.25) is 0 Å². The molecule has 2 unspecified atom stereocenters. The van der Waals surface area contributed by atoms with E-state index in [0.29, 0.717) is 16.8 Å². The van der Waals surface area contributed by atoms with Crippen LogP contribution in [0.15, 0.2) is 42.6 Å². The monoisotopic (exact) mass is 381 g/mol. The lowest BCUT2D eigenvalue weighted by Gasteiger charge is -2.37. The number of fused-ring (bicyclic) bond motifs is 1. The van der Waals surface area contributed by atoms with Gasteiger partial charge in [-0.05, 0) is 56.7 Å². The molecule has 6 heteroatoms. The number of hydrogen-bond acceptors (Lipinski definition) is 4. The molecule has 0 aromatic heterocycles. The molecule has 0 saturated carbocycles. The molecule has 2 aliphatic heterocycles. The molecule has 0 spiro atoms. The number of ether oxygens (including phenoxy) is 1. The van der Waals surface area contributed by atoms with Gasteiger partial charge < -0.3 is 20.3 Å². The Morgan fingerprint density at radius 1 is 1.21 bits per heavy atom. The van der Waals surface area contributed by atoms with Crippen LogP contribution in [0.1, 0.15) is 25.0 Å². The predicted molar refractivity (Wildman–Crippen MR) is 110 cm³/mol. The number of carbonyl (C=O) groups excluding carboxylic acids is 1. The van der Waals surface area contributed by atoms with Crippen molar-refractivity contribution in [1.29, 1.82) is 0 Å². The van der Waals surface area contributed by atoms with Crippen LogP contribution in [-0.2, 0) is 9.53 Å². The topological polar surface area (TPSA) is 53.6 Å². The molecular formula is C22H24FN3O2. The second-order valence-electron chi connectivity index (χ2n) is 7.48. The third kappa shape index (κ3) is 3.47. The van der Waals surface area contributed by atoms with E-state index in [-0.39, 0.29) is 18.1 Å². The summed E-state index contributed by atoms with van der Waals surface area (Å²) in [4.78, 5) is 14.5. The van der Waals surface area contributed by atoms with Crippen molar-refractivity contribution >= 4 is 28.5 Å². The molecular weight excluding hydrogens is 357 g/mol. The van der Waals surface area contributed by atoms with Crippen LogP contribution in [0.5, 0.6) is 0 Å². The Labute approximate surface area is 164 Å². The summed E-state index contributed by atoms with van der Waals surface area (Å²) in [7, 11) is 0. The minimum absolute atomic E-state index is 0.196. The Hall–Kier alpha value is -2.86. The standard InChI is InChI=1S/C22H24FN3O2/c1-13-9-16(7-8-20(13)26-11-14(2)28-15(3)12-26)24-10-17-21-18(23)5-4-6-19(21)25-22(17)27/h4-10,14-15,24H,11-12H2,1-3H3,(H,25,27). The van der Waals surface area contributed by atoms with E-state index in [9.17, 15) is 9.18 Å². The van der Waals surface area contributed by atoms with Gasteiger partial charge in [-0.2, -0.15) is 0 Å². The van der Waals surface area contributed by atoms with Crippen molar-refractivity contribution in [2.75, 3.05) is 28.6 Å². The molecule has 146 valence electrons. The van der Waals surface area contributed by atoms with E-state index in [1.807, 2.05) is 12.1 Å². The molecule has 2 aromatic carbocycles. The molecule has 5 nitrogen and oxygen atoms in total. The van der Waals surface area contributed by atoms with Gasteiger partial charge in [0.25, 0.3) is 5.91 Å². The number of nitrogens with zero attached hydrogens (tertiary/aromatic N) is 1. The number of halogens is 1. The average molecular weight is 381 g/mol. The van der Waals surface area contributed by atoms with E-state index in [0.717, 1.165) is 24.3 Å². The number of morpholine rings is 1. The summed E-state index contributed by atoms with van der Waals surface area (Å²) in [5, 5.41) is 5.83. The van der Waals surface area contributed by atoms with Gasteiger partial charge in [-0.15, -0.1) is 0 Å². The van der Waals surface area contributed by atoms with Gasteiger partial charge in [0, 0.05) is 36.2 Å². The number of nitrogens with one attached hydrogen (secondary N) is 2. The summed E-state index contributed by atoms with van der Waals surface area (Å²) in [6.07, 6.45) is 1.96. The highest BCUT2D eigenvalue weighted by atomic mass is 19.1. The van der Waals surface area contributed by atoms with Gasteiger partial charge in [-0.1, -0.05) is 6.07 Å². The Bertz CT molecular complexity index is 947. The maximum absolute atomic E-state index is 14.1. The fraction of sp³-hybridized carbons (Fsp3) is 0.318. The van der Waals surface area contributed by atoms with Crippen molar-refractivity contribution in [1.82, 2.24) is 0 Å². The van der Waals surface area contributed by atoms with Crippen LogP contribution in [0.3, 0.4) is 0 Å². The molecule has 0 radical (unpaired) electrons. The first-order valence-corrected chi connectivity index (χ1v) is 9.50. The van der Waals surface area contributed by atoms with E-state index in [4.69, 9.17) is 4.74 Å². The van der Waals surface area contributed by atoms with Crippen molar-refractivity contribution in [3.63, 3.8) is 0 Å². The van der Waals surface area contributed by atoms with Crippen molar-refractivity contribution in [2.24, 2.45) is 0 Å². The normalized spacial score (nSPS) is 22.9. The molecule has 2 N–H and O–H groups in total. The minimum Gasteiger partial charge on any atom is -0.372 e. The highest BCUT2D eigenvalue weighted by Gasteiger charge is 2.27. The van der Waals surface area contributed by atoms with Crippen molar-refractivity contribution in [3.8, 4) is 0 Å². The highest BCUT2D eigenvalue weighted by Crippen LogP contribution is 2.34. The number of carbonyl (C=O) groups is 1. The Kier molecular flexibility index (Phi) is 4.81. The van der Waals surface area contributed by atoms with Crippen LogP contribution in [0, 0.1) is 12.7 Å². The first-order chi connectivity index (χ1) is 13.4. The van der Waals surface area contributed by atoms with Crippen LogP contribution in [0.4, 0.5) is 21.5 Å². The summed E-state index contributed by atoms with van der Waals surface area (Å²) in [6.45, 7) is 7.96. The molecule has 2 aromatic rings. The predicted octanol–water partition coefficient (Wildman–Crippen LogP) is 4.15. The van der Waals surface area contributed by atoms with E-state index in [1.165, 1.54) is 11.8 Å². The summed E-state index contributed by atoms with van der Waals surface area (Å²) >= 11 is 0. The Balaban J connectivity index is 1.55. The summed E-state index contributed by atoms with van der Waals surface area (Å²) in [6, 6.07) is 10.7. The lowest BCUT2D eigenvalue weighted by atomic mass is 10.1. The number of rotatable bonds is 3. The summed E-state index contributed by atoms with van der Waals surface area (Å²) in [5.74, 6) is -0.719. The van der Waals surface area contributed by atoms with E-state index < -0.39 is 5.82 Å². The van der Waals surface area contributed by atoms with Crippen molar-refractivity contribution in [2.45, 2.75) is 33.0 Å². The van der Waals surface area contributed by atoms with Gasteiger partial charge in [-0.3, -0.25) is 4.79 Å². The van der Waals surface area contributed by atoms with E-state index in [2.05, 4.69) is 42.4 Å². The van der Waals surface area contributed by atoms with Gasteiger partial charge in [0.15, 0.2) is 0 Å². The lowest BCUT2D eigenvalue weighted by molar-refractivity contribution is -0.110. The maximum atomic E-state index is 14.1. The molecule has 2 aliphatic rings. The molecule has 1 saturated heterocycles. The molecule has 0 bridgehead atoms. The van der Waals surface area contributed by atoms with E-state index in [1.54, 1.807) is 18.3 Å². The third-order valence-electron chi connectivity index (χ3n) is 5.12. The zero-order chi connectivity index (χ0) is 19.8. The second kappa shape index (κ2) is 7.28. The first kappa shape index (κ1) is 18.5. The first-order valence-electron chi connectivity index (χ1n) is 9.50. The number of hydrogen-bond donors (Lipinski definition) is 2. The largest absolute Gasteiger partial charge is 0.372 e. The van der Waals surface area contributed by atoms with Crippen molar-refractivity contribution in [3.05, 3.63) is 59.5 Å². The Morgan fingerprint density at radius 2 is 1.96 bits per heavy atom. The van der Waals surface area contributed by atoms with Gasteiger partial charge in [0.2, 0.25) is 0 Å². The van der Waals surface area contributed by atoms with Gasteiger partial charge in [0.1, 0.15) is 5.82 Å². The van der Waals surface area contributed by atoms with Gasteiger partial charge in [0.05, 0.1) is 23.5 Å². The summed E-state index contributed by atoms with van der Waals surface area (Å²) in [5.41, 5.74) is 4.26. The quantitative estimate of drug-likeness (QED) is 0.784. The number of aryl methyl sites for hydroxylation is 1. The molecule has 2 heterocycles.